The molecule has 1 unspecified atom stereocenters. The van der Waals surface area contributed by atoms with Gasteiger partial charge in [-0.25, -0.2) is 13.4 Å². The number of sulfonamides is 1. The fraction of sp³-hybridized carbons (Fsp3) is 0.333. The molecule has 2 aromatic carbocycles. The van der Waals surface area contributed by atoms with Gasteiger partial charge in [0.15, 0.2) is 0 Å². The Morgan fingerprint density at radius 3 is 2.53 bits per heavy atom. The summed E-state index contributed by atoms with van der Waals surface area (Å²) in [5, 5.41) is 0.545. The quantitative estimate of drug-likeness (QED) is 0.465. The lowest BCUT2D eigenvalue weighted by atomic mass is 10.1. The third-order valence-corrected chi connectivity index (χ3v) is 6.92. The molecule has 0 saturated heterocycles. The molecule has 32 heavy (non-hydrogen) atoms. The number of rotatable bonds is 8. The normalized spacial score (nSPS) is 13.4. The number of thiazole rings is 1. The van der Waals surface area contributed by atoms with Crippen LogP contribution >= 0.6 is 11.3 Å². The van der Waals surface area contributed by atoms with Crippen molar-refractivity contribution < 1.29 is 31.1 Å². The average molecular weight is 487 g/mol. The molecule has 0 aliphatic heterocycles. The number of para-hydroxylation sites is 1. The van der Waals surface area contributed by atoms with Crippen LogP contribution in [0.2, 0.25) is 0 Å². The number of hydrogen-bond donors (Lipinski definition) is 1. The number of carbonyl (C=O) groups excluding carboxylic acids is 1. The maximum absolute atomic E-state index is 13.0. The average Bonchev–Trinajstić information content (AvgIpc) is 3.13. The molecule has 3 aromatic rings. The lowest BCUT2D eigenvalue weighted by molar-refractivity contribution is -0.147. The van der Waals surface area contributed by atoms with Crippen molar-refractivity contribution in [1.82, 2.24) is 9.71 Å². The van der Waals surface area contributed by atoms with Crippen molar-refractivity contribution >= 4 is 37.5 Å². The summed E-state index contributed by atoms with van der Waals surface area (Å²) in [5.74, 6) is -0.910. The fourth-order valence-corrected chi connectivity index (χ4v) is 5.10. The van der Waals surface area contributed by atoms with Crippen LogP contribution in [0.3, 0.4) is 0 Å². The van der Waals surface area contributed by atoms with Gasteiger partial charge >= 0.3 is 12.1 Å². The van der Waals surface area contributed by atoms with Gasteiger partial charge < -0.3 is 4.74 Å². The van der Waals surface area contributed by atoms with Crippen molar-refractivity contribution in [3.8, 4) is 0 Å². The highest BCUT2D eigenvalue weighted by atomic mass is 32.2. The van der Waals surface area contributed by atoms with Crippen LogP contribution in [-0.2, 0) is 32.3 Å². The Morgan fingerprint density at radius 2 is 1.88 bits per heavy atom. The van der Waals surface area contributed by atoms with Gasteiger partial charge in [0.2, 0.25) is 10.0 Å². The molecule has 1 atom stereocenters. The highest BCUT2D eigenvalue weighted by Crippen LogP contribution is 2.30. The molecule has 172 valence electrons. The zero-order valence-corrected chi connectivity index (χ0v) is 18.9. The van der Waals surface area contributed by atoms with E-state index in [9.17, 15) is 26.4 Å². The summed E-state index contributed by atoms with van der Waals surface area (Å²) >= 11 is 1.35. The minimum Gasteiger partial charge on any atom is -0.457 e. The lowest BCUT2D eigenvalue weighted by Gasteiger charge is -2.19. The molecule has 11 heteroatoms. The highest BCUT2D eigenvalue weighted by molar-refractivity contribution is 7.89. The highest BCUT2D eigenvalue weighted by Gasteiger charge is 2.33. The molecule has 0 aliphatic rings. The second-order valence-electron chi connectivity index (χ2n) is 7.51. The number of halogens is 3. The Kier molecular flexibility index (Phi) is 7.21. The summed E-state index contributed by atoms with van der Waals surface area (Å²) in [6.07, 6.45) is -4.59. The number of ether oxygens (including phenoxy) is 1. The maximum atomic E-state index is 13.0. The molecule has 1 N–H and O–H groups in total. The molecular formula is C21H21F3N2O4S2. The van der Waals surface area contributed by atoms with E-state index in [0.717, 1.165) is 28.4 Å². The van der Waals surface area contributed by atoms with Gasteiger partial charge in [-0.15, -0.1) is 11.3 Å². The molecule has 0 saturated carbocycles. The minimum atomic E-state index is -4.70. The summed E-state index contributed by atoms with van der Waals surface area (Å²) in [6, 6.07) is 9.47. The molecule has 0 fully saturated rings. The van der Waals surface area contributed by atoms with E-state index in [2.05, 4.69) is 9.71 Å². The van der Waals surface area contributed by atoms with Gasteiger partial charge in [-0.1, -0.05) is 32.0 Å². The van der Waals surface area contributed by atoms with Gasteiger partial charge in [-0.05, 0) is 42.7 Å². The minimum absolute atomic E-state index is 0.0841. The molecule has 0 amide bonds. The fourth-order valence-electron chi connectivity index (χ4n) is 2.97. The zero-order chi connectivity index (χ0) is 23.5. The largest absolute Gasteiger partial charge is 0.457 e. The van der Waals surface area contributed by atoms with Gasteiger partial charge in [-0.2, -0.15) is 17.9 Å². The van der Waals surface area contributed by atoms with E-state index in [0.29, 0.717) is 11.1 Å². The van der Waals surface area contributed by atoms with Gasteiger partial charge in [0.1, 0.15) is 17.7 Å². The third-order valence-electron chi connectivity index (χ3n) is 4.44. The summed E-state index contributed by atoms with van der Waals surface area (Å²) in [4.78, 5) is 16.4. The number of carbonyl (C=O) groups is 1. The first-order valence-corrected chi connectivity index (χ1v) is 12.0. The topological polar surface area (TPSA) is 85.4 Å². The summed E-state index contributed by atoms with van der Waals surface area (Å²) in [6.45, 7) is 3.43. The van der Waals surface area contributed by atoms with E-state index >= 15 is 0 Å². The van der Waals surface area contributed by atoms with Gasteiger partial charge in [0.25, 0.3) is 0 Å². The van der Waals surface area contributed by atoms with Crippen LogP contribution in [0.1, 0.15) is 30.8 Å². The maximum Gasteiger partial charge on any atom is 0.416 e. The number of alkyl halides is 3. The van der Waals surface area contributed by atoms with Crippen LogP contribution in [0.5, 0.6) is 0 Å². The number of nitrogens with one attached hydrogen (secondary N) is 1. The monoisotopic (exact) mass is 486 g/mol. The Bertz CT molecular complexity index is 1170. The van der Waals surface area contributed by atoms with Crippen LogP contribution in [0.15, 0.2) is 53.4 Å². The number of benzene rings is 2. The first-order valence-electron chi connectivity index (χ1n) is 9.66. The van der Waals surface area contributed by atoms with Crippen LogP contribution in [-0.4, -0.2) is 25.4 Å². The zero-order valence-electron chi connectivity index (χ0n) is 17.2. The molecule has 6 nitrogen and oxygen atoms in total. The first-order chi connectivity index (χ1) is 15.0. The predicted octanol–water partition coefficient (Wildman–Crippen LogP) is 4.75. The van der Waals surface area contributed by atoms with Crippen molar-refractivity contribution in [2.24, 2.45) is 5.92 Å². The summed E-state index contributed by atoms with van der Waals surface area (Å²) in [7, 11) is -4.40. The van der Waals surface area contributed by atoms with Crippen LogP contribution in [0.25, 0.3) is 10.2 Å². The van der Waals surface area contributed by atoms with E-state index in [-0.39, 0.29) is 18.9 Å². The Balaban J connectivity index is 1.75. The molecule has 0 radical (unpaired) electrons. The third kappa shape index (κ3) is 6.05. The molecule has 1 heterocycles. The van der Waals surface area contributed by atoms with E-state index in [4.69, 9.17) is 4.74 Å². The number of nitrogens with zero attached hydrogens (tertiary/aromatic N) is 1. The molecule has 3 rings (SSSR count). The Morgan fingerprint density at radius 1 is 1.16 bits per heavy atom. The van der Waals surface area contributed by atoms with Crippen LogP contribution < -0.4 is 4.72 Å². The second-order valence-corrected chi connectivity index (χ2v) is 10.3. The van der Waals surface area contributed by atoms with Crippen LogP contribution in [0, 0.1) is 5.92 Å². The van der Waals surface area contributed by atoms with Crippen molar-refractivity contribution in [2.75, 3.05) is 0 Å². The van der Waals surface area contributed by atoms with E-state index in [1.165, 1.54) is 11.3 Å². The molecule has 0 bridgehead atoms. The van der Waals surface area contributed by atoms with E-state index < -0.39 is 38.7 Å². The van der Waals surface area contributed by atoms with Gasteiger partial charge in [0, 0.05) is 0 Å². The van der Waals surface area contributed by atoms with Crippen molar-refractivity contribution in [2.45, 2.75) is 44.0 Å². The summed E-state index contributed by atoms with van der Waals surface area (Å²) < 4.78 is 72.7. The standard InChI is InChI=1S/C21H21F3N2O4S2/c1-13(2)10-17(20(27)30-12-19-25-16-8-3-4-9-18(16)31-19)26-32(28,29)15-7-5-6-14(11-15)21(22,23)24/h3-9,11,13,17,26H,10,12H2,1-2H3. The van der Waals surface area contributed by atoms with Gasteiger partial charge in [0.05, 0.1) is 20.7 Å². The lowest BCUT2D eigenvalue weighted by Crippen LogP contribution is -2.42. The van der Waals surface area contributed by atoms with Crippen molar-refractivity contribution in [3.63, 3.8) is 0 Å². The predicted molar refractivity (Wildman–Crippen MR) is 114 cm³/mol. The molecule has 1 aromatic heterocycles. The smallest absolute Gasteiger partial charge is 0.416 e. The summed E-state index contributed by atoms with van der Waals surface area (Å²) in [5.41, 5.74) is -0.341. The Labute approximate surface area is 187 Å². The number of fused-ring (bicyclic) bond motifs is 1. The van der Waals surface area contributed by atoms with Crippen molar-refractivity contribution in [1.29, 1.82) is 0 Å². The number of hydrogen-bond acceptors (Lipinski definition) is 6. The SMILES string of the molecule is CC(C)CC(NS(=O)(=O)c1cccc(C(F)(F)F)c1)C(=O)OCc1nc2ccccc2s1. The van der Waals surface area contributed by atoms with E-state index in [1.54, 1.807) is 13.8 Å². The van der Waals surface area contributed by atoms with Crippen LogP contribution in [0.4, 0.5) is 13.2 Å². The molecule has 0 aliphatic carbocycles. The number of esters is 1. The molecular weight excluding hydrogens is 465 g/mol. The van der Waals surface area contributed by atoms with E-state index in [1.807, 2.05) is 24.3 Å². The second kappa shape index (κ2) is 9.55. The first kappa shape index (κ1) is 24.1. The Hall–Kier alpha value is -2.50. The molecule has 0 spiro atoms. The van der Waals surface area contributed by atoms with Crippen molar-refractivity contribution in [3.05, 3.63) is 59.1 Å². The number of aromatic nitrogens is 1. The van der Waals surface area contributed by atoms with Gasteiger partial charge in [-0.3, -0.25) is 4.79 Å².